The molecule has 0 amide bonds. The molecule has 20 heavy (non-hydrogen) atoms. The first-order valence-electron chi connectivity index (χ1n) is 7.48. The van der Waals surface area contributed by atoms with Gasteiger partial charge in [0.15, 0.2) is 0 Å². The van der Waals surface area contributed by atoms with E-state index in [1.807, 2.05) is 18.2 Å². The summed E-state index contributed by atoms with van der Waals surface area (Å²) in [4.78, 5) is 4.82. The number of aromatic nitrogens is 2. The Bertz CT molecular complexity index is 624. The zero-order valence-corrected chi connectivity index (χ0v) is 13.0. The summed E-state index contributed by atoms with van der Waals surface area (Å²) in [6.07, 6.45) is 4.41. The largest absolute Gasteiger partial charge is 0.327 e. The zero-order valence-electron chi connectivity index (χ0n) is 12.2. The van der Waals surface area contributed by atoms with Crippen LogP contribution in [0.3, 0.4) is 0 Å². The molecule has 1 aliphatic rings. The van der Waals surface area contributed by atoms with Crippen LogP contribution < -0.4 is 5.73 Å². The molecule has 0 atom stereocenters. The number of nitrogens with zero attached hydrogens (tertiary/aromatic N) is 2. The molecule has 0 unspecified atom stereocenters. The quantitative estimate of drug-likeness (QED) is 0.906. The van der Waals surface area contributed by atoms with E-state index >= 15 is 0 Å². The average molecular weight is 292 g/mol. The fourth-order valence-corrected chi connectivity index (χ4v) is 3.47. The number of fused-ring (bicyclic) bond motifs is 1. The van der Waals surface area contributed by atoms with Crippen molar-refractivity contribution < 1.29 is 0 Å². The normalized spacial score (nSPS) is 27.1. The topological polar surface area (TPSA) is 43.8 Å². The van der Waals surface area contributed by atoms with Crippen LogP contribution in [0.5, 0.6) is 0 Å². The number of benzene rings is 1. The van der Waals surface area contributed by atoms with E-state index in [-0.39, 0.29) is 5.54 Å². The van der Waals surface area contributed by atoms with Gasteiger partial charge in [-0.25, -0.2) is 4.98 Å². The number of imidazole rings is 1. The third kappa shape index (κ3) is 2.23. The van der Waals surface area contributed by atoms with E-state index in [2.05, 4.69) is 18.4 Å². The van der Waals surface area contributed by atoms with Crippen LogP contribution in [0.4, 0.5) is 0 Å². The van der Waals surface area contributed by atoms with Crippen molar-refractivity contribution in [3.8, 4) is 0 Å². The Kier molecular flexibility index (Phi) is 3.51. The standard InChI is InChI=1S/C16H22ClN3/c1-3-20-14-5-4-12(17)10-13(14)19-15(20)16(18)8-6-11(2)7-9-16/h4-5,10-11H,3,6-9,18H2,1-2H3. The SMILES string of the molecule is CCn1c(C2(N)CCC(C)CC2)nc2cc(Cl)ccc21. The first-order chi connectivity index (χ1) is 9.53. The van der Waals surface area contributed by atoms with Gasteiger partial charge < -0.3 is 10.3 Å². The van der Waals surface area contributed by atoms with Gasteiger partial charge in [-0.15, -0.1) is 0 Å². The summed E-state index contributed by atoms with van der Waals surface area (Å²) in [5, 5.41) is 0.730. The van der Waals surface area contributed by atoms with Gasteiger partial charge in [-0.3, -0.25) is 0 Å². The Morgan fingerprint density at radius 2 is 2.10 bits per heavy atom. The van der Waals surface area contributed by atoms with Gasteiger partial charge in [0.1, 0.15) is 5.82 Å². The summed E-state index contributed by atoms with van der Waals surface area (Å²) >= 11 is 6.08. The zero-order chi connectivity index (χ0) is 14.3. The molecular formula is C16H22ClN3. The highest BCUT2D eigenvalue weighted by Crippen LogP contribution is 2.38. The highest BCUT2D eigenvalue weighted by Gasteiger charge is 2.36. The van der Waals surface area contributed by atoms with Crippen LogP contribution in [-0.4, -0.2) is 9.55 Å². The van der Waals surface area contributed by atoms with Gasteiger partial charge in [-0.1, -0.05) is 18.5 Å². The maximum Gasteiger partial charge on any atom is 0.130 e. The summed E-state index contributed by atoms with van der Waals surface area (Å²) in [7, 11) is 0. The van der Waals surface area contributed by atoms with Crippen LogP contribution >= 0.6 is 11.6 Å². The van der Waals surface area contributed by atoms with Crippen molar-refractivity contribution in [3.05, 3.63) is 29.0 Å². The summed E-state index contributed by atoms with van der Waals surface area (Å²) in [5.74, 6) is 1.81. The molecule has 0 spiro atoms. The minimum atomic E-state index is -0.284. The Morgan fingerprint density at radius 1 is 1.40 bits per heavy atom. The molecule has 0 aliphatic heterocycles. The van der Waals surface area contributed by atoms with Crippen molar-refractivity contribution in [2.45, 2.75) is 51.6 Å². The second-order valence-corrected chi connectivity index (χ2v) is 6.59. The van der Waals surface area contributed by atoms with Gasteiger partial charge in [-0.2, -0.15) is 0 Å². The van der Waals surface area contributed by atoms with Crippen LogP contribution in [0.2, 0.25) is 5.02 Å². The summed E-state index contributed by atoms with van der Waals surface area (Å²) in [5.41, 5.74) is 8.51. The van der Waals surface area contributed by atoms with Gasteiger partial charge in [0.2, 0.25) is 0 Å². The number of hydrogen-bond donors (Lipinski definition) is 1. The molecule has 1 aromatic heterocycles. The van der Waals surface area contributed by atoms with Crippen molar-refractivity contribution in [1.29, 1.82) is 0 Å². The van der Waals surface area contributed by atoms with Crippen molar-refractivity contribution in [2.24, 2.45) is 11.7 Å². The number of rotatable bonds is 2. The third-order valence-corrected chi connectivity index (χ3v) is 4.87. The number of halogens is 1. The summed E-state index contributed by atoms with van der Waals surface area (Å²) < 4.78 is 2.25. The molecule has 3 nitrogen and oxygen atoms in total. The average Bonchev–Trinajstić information content (AvgIpc) is 2.80. The minimum absolute atomic E-state index is 0.284. The third-order valence-electron chi connectivity index (χ3n) is 4.64. The van der Waals surface area contributed by atoms with Crippen molar-refractivity contribution in [2.75, 3.05) is 0 Å². The first kappa shape index (κ1) is 13.9. The van der Waals surface area contributed by atoms with Crippen LogP contribution in [0.15, 0.2) is 18.2 Å². The smallest absolute Gasteiger partial charge is 0.130 e. The molecule has 1 fully saturated rings. The maximum atomic E-state index is 6.70. The molecule has 2 aromatic rings. The summed E-state index contributed by atoms with van der Waals surface area (Å²) in [6, 6.07) is 5.90. The fourth-order valence-electron chi connectivity index (χ4n) is 3.30. The van der Waals surface area contributed by atoms with Gasteiger partial charge >= 0.3 is 0 Å². The van der Waals surface area contributed by atoms with Crippen LogP contribution in [-0.2, 0) is 12.1 Å². The lowest BCUT2D eigenvalue weighted by Crippen LogP contribution is -2.42. The predicted octanol–water partition coefficient (Wildman–Crippen LogP) is 4.07. The predicted molar refractivity (Wildman–Crippen MR) is 83.9 cm³/mol. The van der Waals surface area contributed by atoms with Gasteiger partial charge in [-0.05, 0) is 56.7 Å². The molecule has 0 radical (unpaired) electrons. The first-order valence-corrected chi connectivity index (χ1v) is 7.86. The molecule has 108 valence electrons. The van der Waals surface area contributed by atoms with Crippen molar-refractivity contribution in [3.63, 3.8) is 0 Å². The highest BCUT2D eigenvalue weighted by molar-refractivity contribution is 6.31. The minimum Gasteiger partial charge on any atom is -0.327 e. The van der Waals surface area contributed by atoms with E-state index < -0.39 is 0 Å². The van der Waals surface area contributed by atoms with Crippen molar-refractivity contribution in [1.82, 2.24) is 9.55 Å². The van der Waals surface area contributed by atoms with Gasteiger partial charge in [0.05, 0.1) is 16.6 Å². The van der Waals surface area contributed by atoms with E-state index in [1.165, 1.54) is 12.8 Å². The maximum absolute atomic E-state index is 6.70. The summed E-state index contributed by atoms with van der Waals surface area (Å²) in [6.45, 7) is 5.35. The molecular weight excluding hydrogens is 270 g/mol. The molecule has 1 aliphatic carbocycles. The Balaban J connectivity index is 2.10. The molecule has 1 saturated carbocycles. The molecule has 0 bridgehead atoms. The van der Waals surface area contributed by atoms with E-state index in [0.717, 1.165) is 47.2 Å². The molecule has 1 heterocycles. The number of hydrogen-bond acceptors (Lipinski definition) is 2. The highest BCUT2D eigenvalue weighted by atomic mass is 35.5. The lowest BCUT2D eigenvalue weighted by molar-refractivity contribution is 0.232. The fraction of sp³-hybridized carbons (Fsp3) is 0.562. The number of aryl methyl sites for hydroxylation is 1. The Labute approximate surface area is 125 Å². The lowest BCUT2D eigenvalue weighted by Gasteiger charge is -2.35. The second-order valence-electron chi connectivity index (χ2n) is 6.15. The molecule has 1 aromatic carbocycles. The monoisotopic (exact) mass is 291 g/mol. The molecule has 2 N–H and O–H groups in total. The van der Waals surface area contributed by atoms with Crippen LogP contribution in [0.1, 0.15) is 45.4 Å². The van der Waals surface area contributed by atoms with Crippen LogP contribution in [0, 0.1) is 5.92 Å². The van der Waals surface area contributed by atoms with E-state index in [9.17, 15) is 0 Å². The van der Waals surface area contributed by atoms with Crippen LogP contribution in [0.25, 0.3) is 11.0 Å². The number of nitrogens with two attached hydrogens (primary N) is 1. The van der Waals surface area contributed by atoms with Gasteiger partial charge in [0, 0.05) is 11.6 Å². The van der Waals surface area contributed by atoms with Gasteiger partial charge in [0.25, 0.3) is 0 Å². The van der Waals surface area contributed by atoms with E-state index in [1.54, 1.807) is 0 Å². The second kappa shape index (κ2) is 5.05. The van der Waals surface area contributed by atoms with Crippen molar-refractivity contribution >= 4 is 22.6 Å². The molecule has 3 rings (SSSR count). The van der Waals surface area contributed by atoms with E-state index in [4.69, 9.17) is 22.3 Å². The molecule has 0 saturated heterocycles. The lowest BCUT2D eigenvalue weighted by atomic mass is 9.77. The Hall–Kier alpha value is -1.06. The molecule has 4 heteroatoms. The Morgan fingerprint density at radius 3 is 2.75 bits per heavy atom. The van der Waals surface area contributed by atoms with E-state index in [0.29, 0.717) is 0 Å².